The molecule has 0 aromatic heterocycles. The van der Waals surface area contributed by atoms with Gasteiger partial charge in [-0.1, -0.05) is 6.08 Å². The second kappa shape index (κ2) is 6.70. The van der Waals surface area contributed by atoms with Crippen LogP contribution in [0.25, 0.3) is 0 Å². The third-order valence-corrected chi connectivity index (χ3v) is 5.32. The number of imide groups is 1. The minimum absolute atomic E-state index is 0.390. The van der Waals surface area contributed by atoms with Gasteiger partial charge in [-0.15, -0.1) is 0 Å². The summed E-state index contributed by atoms with van der Waals surface area (Å²) in [5.74, 6) is -3.57. The number of amides is 2. The Morgan fingerprint density at radius 1 is 1.07 bits per heavy atom. The van der Waals surface area contributed by atoms with Crippen LogP contribution in [0.15, 0.2) is 36.4 Å². The van der Waals surface area contributed by atoms with Gasteiger partial charge >= 0.3 is 11.9 Å². The molecular formula is C20H19NO8. The second-order valence-corrected chi connectivity index (χ2v) is 7.06. The molecule has 3 heterocycles. The van der Waals surface area contributed by atoms with Crippen LogP contribution in [0, 0.1) is 11.8 Å². The van der Waals surface area contributed by atoms with E-state index in [4.69, 9.17) is 18.9 Å². The van der Waals surface area contributed by atoms with Crippen molar-refractivity contribution >= 4 is 29.4 Å². The number of fused-ring (bicyclic) bond motifs is 5. The van der Waals surface area contributed by atoms with Crippen molar-refractivity contribution in [2.45, 2.75) is 31.8 Å². The first kappa shape index (κ1) is 19.1. The zero-order valence-electron chi connectivity index (χ0n) is 16.0. The van der Waals surface area contributed by atoms with Crippen LogP contribution in [-0.4, -0.2) is 48.9 Å². The fourth-order valence-corrected chi connectivity index (χ4v) is 4.20. The Bertz CT molecular complexity index is 907. The van der Waals surface area contributed by atoms with Crippen molar-refractivity contribution in [3.63, 3.8) is 0 Å². The normalized spacial score (nSPS) is 29.4. The average Bonchev–Trinajstić information content (AvgIpc) is 3.32. The van der Waals surface area contributed by atoms with E-state index in [-0.39, 0.29) is 0 Å². The summed E-state index contributed by atoms with van der Waals surface area (Å²) in [5, 5.41) is 0. The monoisotopic (exact) mass is 401 g/mol. The highest BCUT2D eigenvalue weighted by molar-refractivity contribution is 6.23. The summed E-state index contributed by atoms with van der Waals surface area (Å²) in [4.78, 5) is 50.6. The Morgan fingerprint density at radius 3 is 2.24 bits per heavy atom. The molecular weight excluding hydrogens is 382 g/mol. The molecule has 1 aromatic carbocycles. The lowest BCUT2D eigenvalue weighted by molar-refractivity contribution is -0.226. The maximum absolute atomic E-state index is 13.3. The van der Waals surface area contributed by atoms with Crippen molar-refractivity contribution in [3.05, 3.63) is 36.4 Å². The predicted molar refractivity (Wildman–Crippen MR) is 96.5 cm³/mol. The lowest BCUT2D eigenvalue weighted by Crippen LogP contribution is -2.52. The molecule has 4 rings (SSSR count). The summed E-state index contributed by atoms with van der Waals surface area (Å²) < 4.78 is 21.4. The Kier molecular flexibility index (Phi) is 4.42. The lowest BCUT2D eigenvalue weighted by atomic mass is 9.76. The number of carbonyl (C=O) groups is 4. The van der Waals surface area contributed by atoms with E-state index in [0.717, 1.165) is 18.7 Å². The van der Waals surface area contributed by atoms with Crippen LogP contribution in [0.1, 0.15) is 13.8 Å². The molecule has 2 bridgehead atoms. The van der Waals surface area contributed by atoms with Crippen molar-refractivity contribution in [2.75, 3.05) is 12.0 Å². The van der Waals surface area contributed by atoms with E-state index in [0.29, 0.717) is 11.4 Å². The van der Waals surface area contributed by atoms with Crippen LogP contribution in [0.2, 0.25) is 0 Å². The second-order valence-electron chi connectivity index (χ2n) is 7.06. The van der Waals surface area contributed by atoms with Gasteiger partial charge in [0, 0.05) is 13.8 Å². The van der Waals surface area contributed by atoms with Crippen molar-refractivity contribution < 1.29 is 38.1 Å². The number of carbonyl (C=O) groups excluding carboxylic acids is 4. The Hall–Kier alpha value is -3.20. The average molecular weight is 401 g/mol. The van der Waals surface area contributed by atoms with Gasteiger partial charge in [-0.05, 0) is 30.3 Å². The van der Waals surface area contributed by atoms with E-state index in [2.05, 4.69) is 0 Å². The first-order valence-electron chi connectivity index (χ1n) is 9.02. The van der Waals surface area contributed by atoms with E-state index >= 15 is 0 Å². The first-order chi connectivity index (χ1) is 13.8. The minimum Gasteiger partial charge on any atom is -0.497 e. The van der Waals surface area contributed by atoms with Gasteiger partial charge in [0.05, 0.1) is 30.7 Å². The van der Waals surface area contributed by atoms with E-state index in [1.54, 1.807) is 30.3 Å². The quantitative estimate of drug-likeness (QED) is 0.311. The molecule has 29 heavy (non-hydrogen) atoms. The summed E-state index contributed by atoms with van der Waals surface area (Å²) in [6, 6.07) is 6.50. The van der Waals surface area contributed by atoms with E-state index < -0.39 is 53.6 Å². The summed E-state index contributed by atoms with van der Waals surface area (Å²) in [6.45, 7) is 2.31. The van der Waals surface area contributed by atoms with Gasteiger partial charge in [0.25, 0.3) is 6.29 Å². The molecule has 0 saturated carbocycles. The van der Waals surface area contributed by atoms with Crippen LogP contribution >= 0.6 is 0 Å². The van der Waals surface area contributed by atoms with Crippen LogP contribution < -0.4 is 9.64 Å². The van der Waals surface area contributed by atoms with Crippen LogP contribution in [0.3, 0.4) is 0 Å². The number of hydrogen-bond donors (Lipinski definition) is 0. The lowest BCUT2D eigenvalue weighted by Gasteiger charge is -2.34. The van der Waals surface area contributed by atoms with Gasteiger partial charge < -0.3 is 18.9 Å². The standard InChI is InChI=1S/C20H19NO8/c1-10(22)27-19(28-11(2)23)20-9-8-14(29-20)15-16(20)18(25)21(17(15)24)12-4-6-13(26-3)7-5-12/h4-9,14-16,19H,1-3H3/t14-,15+,16+,20+/m0/s1. The number of ether oxygens (including phenoxy) is 4. The molecule has 0 spiro atoms. The predicted octanol–water partition coefficient (Wildman–Crippen LogP) is 0.960. The highest BCUT2D eigenvalue weighted by Crippen LogP contribution is 2.54. The van der Waals surface area contributed by atoms with Crippen molar-refractivity contribution in [1.29, 1.82) is 0 Å². The summed E-state index contributed by atoms with van der Waals surface area (Å²) >= 11 is 0. The molecule has 3 aliphatic heterocycles. The number of anilines is 1. The molecule has 9 nitrogen and oxygen atoms in total. The fraction of sp³-hybridized carbons (Fsp3) is 0.400. The Labute approximate surface area is 166 Å². The highest BCUT2D eigenvalue weighted by Gasteiger charge is 2.72. The van der Waals surface area contributed by atoms with Gasteiger partial charge in [-0.3, -0.25) is 19.2 Å². The topological polar surface area (TPSA) is 108 Å². The van der Waals surface area contributed by atoms with Crippen molar-refractivity contribution in [2.24, 2.45) is 11.8 Å². The molecule has 9 heteroatoms. The minimum atomic E-state index is -1.55. The van der Waals surface area contributed by atoms with E-state index in [9.17, 15) is 19.2 Å². The van der Waals surface area contributed by atoms with Crippen LogP contribution in [0.4, 0.5) is 5.69 Å². The molecule has 4 atom stereocenters. The summed E-state index contributed by atoms with van der Waals surface area (Å²) in [6.07, 6.45) is 0.997. The number of esters is 2. The number of hydrogen-bond acceptors (Lipinski definition) is 8. The molecule has 0 unspecified atom stereocenters. The fourth-order valence-electron chi connectivity index (χ4n) is 4.20. The molecule has 0 radical (unpaired) electrons. The maximum atomic E-state index is 13.3. The molecule has 3 aliphatic rings. The Morgan fingerprint density at radius 2 is 1.69 bits per heavy atom. The summed E-state index contributed by atoms with van der Waals surface area (Å²) in [5.41, 5.74) is -1.16. The van der Waals surface area contributed by atoms with Gasteiger partial charge in [0.2, 0.25) is 11.8 Å². The van der Waals surface area contributed by atoms with Crippen LogP contribution in [0.5, 0.6) is 5.75 Å². The van der Waals surface area contributed by atoms with Gasteiger partial charge in [0.15, 0.2) is 5.60 Å². The maximum Gasteiger partial charge on any atom is 0.305 e. The molecule has 2 saturated heterocycles. The molecule has 0 N–H and O–H groups in total. The SMILES string of the molecule is COc1ccc(N2C(=O)[C@@H]3[C@@H]4C=C[C@@](C(OC(C)=O)OC(C)=O)(O4)[C@H]3C2=O)cc1. The third kappa shape index (κ3) is 2.80. The zero-order valence-corrected chi connectivity index (χ0v) is 16.0. The first-order valence-corrected chi connectivity index (χ1v) is 9.02. The number of methoxy groups -OCH3 is 1. The molecule has 0 aliphatic carbocycles. The highest BCUT2D eigenvalue weighted by atomic mass is 16.7. The molecule has 1 aromatic rings. The number of rotatable bonds is 5. The van der Waals surface area contributed by atoms with Crippen molar-refractivity contribution in [3.8, 4) is 5.75 Å². The van der Waals surface area contributed by atoms with E-state index in [1.807, 2.05) is 0 Å². The molecule has 2 amide bonds. The Balaban J connectivity index is 1.72. The largest absolute Gasteiger partial charge is 0.497 e. The van der Waals surface area contributed by atoms with Gasteiger partial charge in [-0.25, -0.2) is 4.90 Å². The third-order valence-electron chi connectivity index (χ3n) is 5.32. The van der Waals surface area contributed by atoms with Crippen molar-refractivity contribution in [1.82, 2.24) is 0 Å². The molecule has 2 fully saturated rings. The number of nitrogens with zero attached hydrogens (tertiary/aromatic N) is 1. The van der Waals surface area contributed by atoms with Gasteiger partial charge in [0.1, 0.15) is 5.75 Å². The van der Waals surface area contributed by atoms with E-state index in [1.165, 1.54) is 13.2 Å². The number of benzene rings is 1. The summed E-state index contributed by atoms with van der Waals surface area (Å²) in [7, 11) is 1.51. The smallest absolute Gasteiger partial charge is 0.305 e. The van der Waals surface area contributed by atoms with Crippen LogP contribution in [-0.2, 0) is 33.4 Å². The van der Waals surface area contributed by atoms with Gasteiger partial charge in [-0.2, -0.15) is 0 Å². The molecule has 152 valence electrons. The zero-order chi connectivity index (χ0) is 20.9.